The summed E-state index contributed by atoms with van der Waals surface area (Å²) in [4.78, 5) is 37.5. The summed E-state index contributed by atoms with van der Waals surface area (Å²) < 4.78 is 0. The Bertz CT molecular complexity index is 823. The SMILES string of the molecule is CC(=O)NCc1ccc(C(=O)Nc2ccc(C(=O)N3CCCC3)cc2)cc1. The molecule has 0 aliphatic carbocycles. The highest BCUT2D eigenvalue weighted by molar-refractivity contribution is 6.04. The maximum absolute atomic E-state index is 12.4. The fourth-order valence-corrected chi connectivity index (χ4v) is 3.00. The second-order valence-electron chi connectivity index (χ2n) is 6.64. The molecule has 6 nitrogen and oxygen atoms in total. The van der Waals surface area contributed by atoms with Crippen molar-refractivity contribution in [3.8, 4) is 0 Å². The first-order valence-electron chi connectivity index (χ1n) is 9.07. The lowest BCUT2D eigenvalue weighted by Crippen LogP contribution is -2.27. The average molecular weight is 365 g/mol. The van der Waals surface area contributed by atoms with Crippen molar-refractivity contribution >= 4 is 23.4 Å². The largest absolute Gasteiger partial charge is 0.352 e. The highest BCUT2D eigenvalue weighted by atomic mass is 16.2. The topological polar surface area (TPSA) is 78.5 Å². The maximum Gasteiger partial charge on any atom is 0.255 e. The summed E-state index contributed by atoms with van der Waals surface area (Å²) in [6, 6.07) is 14.0. The van der Waals surface area contributed by atoms with Crippen LogP contribution in [-0.4, -0.2) is 35.7 Å². The van der Waals surface area contributed by atoms with Crippen LogP contribution in [0.4, 0.5) is 5.69 Å². The van der Waals surface area contributed by atoms with Gasteiger partial charge in [-0.05, 0) is 54.8 Å². The molecule has 2 aromatic carbocycles. The summed E-state index contributed by atoms with van der Waals surface area (Å²) in [5.74, 6) is -0.275. The molecule has 0 unspecified atom stereocenters. The number of likely N-dealkylation sites (tertiary alicyclic amines) is 1. The number of benzene rings is 2. The zero-order chi connectivity index (χ0) is 19.2. The fourth-order valence-electron chi connectivity index (χ4n) is 3.00. The van der Waals surface area contributed by atoms with Crippen molar-refractivity contribution in [2.24, 2.45) is 0 Å². The van der Waals surface area contributed by atoms with E-state index in [0.717, 1.165) is 31.5 Å². The standard InChI is InChI=1S/C21H23N3O3/c1-15(25)22-14-16-4-6-17(7-5-16)20(26)23-19-10-8-18(9-11-19)21(27)24-12-2-3-13-24/h4-11H,2-3,12-14H2,1H3,(H,22,25)(H,23,26). The number of carbonyl (C=O) groups is 3. The highest BCUT2D eigenvalue weighted by Gasteiger charge is 2.19. The third-order valence-corrected chi connectivity index (χ3v) is 4.54. The molecule has 1 aliphatic rings. The van der Waals surface area contributed by atoms with Crippen molar-refractivity contribution in [2.75, 3.05) is 18.4 Å². The van der Waals surface area contributed by atoms with Crippen LogP contribution >= 0.6 is 0 Å². The Labute approximate surface area is 158 Å². The van der Waals surface area contributed by atoms with Gasteiger partial charge in [-0.3, -0.25) is 14.4 Å². The summed E-state index contributed by atoms with van der Waals surface area (Å²) >= 11 is 0. The fraction of sp³-hybridized carbons (Fsp3) is 0.286. The molecule has 1 heterocycles. The molecule has 0 bridgehead atoms. The van der Waals surface area contributed by atoms with Gasteiger partial charge in [0.15, 0.2) is 0 Å². The van der Waals surface area contributed by atoms with Gasteiger partial charge in [0, 0.05) is 43.4 Å². The van der Waals surface area contributed by atoms with E-state index in [1.807, 2.05) is 17.0 Å². The number of hydrogen-bond donors (Lipinski definition) is 2. The van der Waals surface area contributed by atoms with Gasteiger partial charge in [-0.1, -0.05) is 12.1 Å². The van der Waals surface area contributed by atoms with Crippen LogP contribution in [0.25, 0.3) is 0 Å². The molecule has 0 atom stereocenters. The summed E-state index contributed by atoms with van der Waals surface area (Å²) in [5.41, 5.74) is 2.72. The van der Waals surface area contributed by atoms with Crippen molar-refractivity contribution in [3.05, 3.63) is 65.2 Å². The van der Waals surface area contributed by atoms with Crippen LogP contribution in [0.2, 0.25) is 0 Å². The number of amides is 3. The first kappa shape index (κ1) is 18.6. The van der Waals surface area contributed by atoms with E-state index >= 15 is 0 Å². The van der Waals surface area contributed by atoms with Crippen molar-refractivity contribution in [1.82, 2.24) is 10.2 Å². The van der Waals surface area contributed by atoms with Gasteiger partial charge in [0.2, 0.25) is 5.91 Å². The van der Waals surface area contributed by atoms with Crippen LogP contribution in [0.5, 0.6) is 0 Å². The molecular formula is C21H23N3O3. The van der Waals surface area contributed by atoms with Gasteiger partial charge in [-0.25, -0.2) is 0 Å². The van der Waals surface area contributed by atoms with E-state index in [9.17, 15) is 14.4 Å². The van der Waals surface area contributed by atoms with Gasteiger partial charge < -0.3 is 15.5 Å². The highest BCUT2D eigenvalue weighted by Crippen LogP contribution is 2.16. The molecular weight excluding hydrogens is 342 g/mol. The Morgan fingerprint density at radius 2 is 1.48 bits per heavy atom. The summed E-state index contributed by atoms with van der Waals surface area (Å²) in [6.07, 6.45) is 2.12. The van der Waals surface area contributed by atoms with E-state index in [0.29, 0.717) is 23.4 Å². The van der Waals surface area contributed by atoms with E-state index in [1.54, 1.807) is 36.4 Å². The first-order valence-corrected chi connectivity index (χ1v) is 9.07. The van der Waals surface area contributed by atoms with Crippen molar-refractivity contribution < 1.29 is 14.4 Å². The third-order valence-electron chi connectivity index (χ3n) is 4.54. The van der Waals surface area contributed by atoms with Gasteiger partial charge in [-0.2, -0.15) is 0 Å². The minimum atomic E-state index is -0.223. The maximum atomic E-state index is 12.4. The molecule has 6 heteroatoms. The van der Waals surface area contributed by atoms with E-state index < -0.39 is 0 Å². The van der Waals surface area contributed by atoms with Gasteiger partial charge in [0.25, 0.3) is 11.8 Å². The van der Waals surface area contributed by atoms with Crippen LogP contribution < -0.4 is 10.6 Å². The smallest absolute Gasteiger partial charge is 0.255 e. The molecule has 0 radical (unpaired) electrons. The predicted molar refractivity (Wildman–Crippen MR) is 103 cm³/mol. The van der Waals surface area contributed by atoms with Crippen molar-refractivity contribution in [3.63, 3.8) is 0 Å². The lowest BCUT2D eigenvalue weighted by Gasteiger charge is -2.15. The number of nitrogens with zero attached hydrogens (tertiary/aromatic N) is 1. The normalized spacial score (nSPS) is 13.3. The minimum Gasteiger partial charge on any atom is -0.352 e. The Balaban J connectivity index is 1.58. The number of rotatable bonds is 5. The van der Waals surface area contributed by atoms with Gasteiger partial charge in [-0.15, -0.1) is 0 Å². The zero-order valence-corrected chi connectivity index (χ0v) is 15.3. The summed E-state index contributed by atoms with van der Waals surface area (Å²) in [5, 5.41) is 5.54. The molecule has 0 saturated carbocycles. The lowest BCUT2D eigenvalue weighted by molar-refractivity contribution is -0.119. The Kier molecular flexibility index (Phi) is 5.86. The van der Waals surface area contributed by atoms with Crippen molar-refractivity contribution in [1.29, 1.82) is 0 Å². The van der Waals surface area contributed by atoms with Crippen LogP contribution in [0.15, 0.2) is 48.5 Å². The summed E-state index contributed by atoms with van der Waals surface area (Å²) in [6.45, 7) is 3.53. The number of nitrogens with one attached hydrogen (secondary N) is 2. The van der Waals surface area contributed by atoms with Gasteiger partial charge in [0.1, 0.15) is 0 Å². The summed E-state index contributed by atoms with van der Waals surface area (Å²) in [7, 11) is 0. The monoisotopic (exact) mass is 365 g/mol. The van der Waals surface area contributed by atoms with Gasteiger partial charge in [0.05, 0.1) is 0 Å². The quantitative estimate of drug-likeness (QED) is 0.855. The minimum absolute atomic E-state index is 0.0418. The molecule has 1 aliphatic heterocycles. The van der Waals surface area contributed by atoms with Crippen LogP contribution in [-0.2, 0) is 11.3 Å². The molecule has 140 valence electrons. The van der Waals surface area contributed by atoms with E-state index in [4.69, 9.17) is 0 Å². The van der Waals surface area contributed by atoms with E-state index in [1.165, 1.54) is 6.92 Å². The molecule has 3 amide bonds. The van der Waals surface area contributed by atoms with Crippen LogP contribution in [0, 0.1) is 0 Å². The van der Waals surface area contributed by atoms with E-state index in [2.05, 4.69) is 10.6 Å². The second kappa shape index (κ2) is 8.49. The second-order valence-corrected chi connectivity index (χ2v) is 6.64. The molecule has 1 fully saturated rings. The number of hydrogen-bond acceptors (Lipinski definition) is 3. The molecule has 27 heavy (non-hydrogen) atoms. The number of carbonyl (C=O) groups excluding carboxylic acids is 3. The Morgan fingerprint density at radius 3 is 2.07 bits per heavy atom. The van der Waals surface area contributed by atoms with Gasteiger partial charge >= 0.3 is 0 Å². The predicted octanol–water partition coefficient (Wildman–Crippen LogP) is 2.81. The molecule has 3 rings (SSSR count). The first-order chi connectivity index (χ1) is 13.0. The Morgan fingerprint density at radius 1 is 0.889 bits per heavy atom. The third kappa shape index (κ3) is 4.94. The molecule has 1 saturated heterocycles. The molecule has 2 N–H and O–H groups in total. The van der Waals surface area contributed by atoms with Crippen LogP contribution in [0.1, 0.15) is 46.0 Å². The molecule has 0 aromatic heterocycles. The number of anilines is 1. The molecule has 0 spiro atoms. The zero-order valence-electron chi connectivity index (χ0n) is 15.3. The van der Waals surface area contributed by atoms with Crippen LogP contribution in [0.3, 0.4) is 0 Å². The van der Waals surface area contributed by atoms with Crippen molar-refractivity contribution in [2.45, 2.75) is 26.3 Å². The van der Waals surface area contributed by atoms with E-state index in [-0.39, 0.29) is 17.7 Å². The molecule has 2 aromatic rings. The average Bonchev–Trinajstić information content (AvgIpc) is 3.21. The lowest BCUT2D eigenvalue weighted by atomic mass is 10.1. The Hall–Kier alpha value is -3.15.